The molecule has 0 bridgehead atoms. The van der Waals surface area contributed by atoms with Gasteiger partial charge in [-0.2, -0.15) is 15.3 Å². The van der Waals surface area contributed by atoms with Crippen LogP contribution in [0.2, 0.25) is 0 Å². The van der Waals surface area contributed by atoms with E-state index in [9.17, 15) is 9.60 Å². The van der Waals surface area contributed by atoms with E-state index in [0.29, 0.717) is 22.0 Å². The highest BCUT2D eigenvalue weighted by Crippen LogP contribution is 2.37. The van der Waals surface area contributed by atoms with Crippen LogP contribution in [-0.2, 0) is 0 Å². The first-order valence-corrected chi connectivity index (χ1v) is 6.30. The number of anilines is 1. The van der Waals surface area contributed by atoms with Crippen molar-refractivity contribution in [3.63, 3.8) is 0 Å². The molecule has 0 fully saturated rings. The molecule has 0 unspecified atom stereocenters. The number of nitrogen functional groups attached to an aromatic ring is 1. The Morgan fingerprint density at radius 3 is 2.23 bits per heavy atom. The number of nitrogens with zero attached hydrogens (tertiary/aromatic N) is 3. The molecule has 0 spiro atoms. The highest BCUT2D eigenvalue weighted by molar-refractivity contribution is 6.03. The predicted molar refractivity (Wildman–Crippen MR) is 78.4 cm³/mol. The Hall–Kier alpha value is -3.51. The number of fused-ring (bicyclic) bond motifs is 1. The number of aromatic nitrogens is 1. The summed E-state index contributed by atoms with van der Waals surface area (Å²) in [5.41, 5.74) is 7.65. The van der Waals surface area contributed by atoms with E-state index in [0.717, 1.165) is 4.73 Å². The van der Waals surface area contributed by atoms with Crippen molar-refractivity contribution in [1.82, 2.24) is 4.73 Å². The first-order valence-electron chi connectivity index (χ1n) is 6.30. The van der Waals surface area contributed by atoms with Crippen LogP contribution in [0.3, 0.4) is 0 Å². The van der Waals surface area contributed by atoms with Gasteiger partial charge in [0.15, 0.2) is 0 Å². The fraction of sp³-hybridized carbons (Fsp3) is 0. The lowest BCUT2D eigenvalue weighted by atomic mass is 10.00. The maximum atomic E-state index is 13.1. The van der Waals surface area contributed by atoms with Crippen LogP contribution in [0.1, 0.15) is 11.1 Å². The SMILES string of the molecule is N#Cc1cc2c(-c3ccc(F)cc3)c(N)n(O)c2cc1C#N. The average molecular weight is 292 g/mol. The maximum Gasteiger partial charge on any atom is 0.148 e. The van der Waals surface area contributed by atoms with Crippen molar-refractivity contribution in [1.29, 1.82) is 10.5 Å². The third kappa shape index (κ3) is 1.83. The molecule has 1 heterocycles. The van der Waals surface area contributed by atoms with Gasteiger partial charge in [-0.25, -0.2) is 4.39 Å². The van der Waals surface area contributed by atoms with Gasteiger partial charge in [-0.15, -0.1) is 0 Å². The summed E-state index contributed by atoms with van der Waals surface area (Å²) in [5.74, 6) is -0.333. The molecule has 0 radical (unpaired) electrons. The molecule has 0 aliphatic carbocycles. The van der Waals surface area contributed by atoms with Crippen molar-refractivity contribution < 1.29 is 9.60 Å². The molecule has 3 N–H and O–H groups in total. The van der Waals surface area contributed by atoms with E-state index in [-0.39, 0.29) is 22.8 Å². The van der Waals surface area contributed by atoms with Crippen LogP contribution in [0.5, 0.6) is 0 Å². The fourth-order valence-electron chi connectivity index (χ4n) is 2.44. The molecular weight excluding hydrogens is 283 g/mol. The van der Waals surface area contributed by atoms with Gasteiger partial charge in [-0.05, 0) is 29.8 Å². The number of hydrogen-bond acceptors (Lipinski definition) is 4. The molecular formula is C16H9FN4O. The second-order valence-corrected chi connectivity index (χ2v) is 4.72. The van der Waals surface area contributed by atoms with Crippen molar-refractivity contribution in [2.75, 3.05) is 5.73 Å². The van der Waals surface area contributed by atoms with Gasteiger partial charge in [0.1, 0.15) is 23.8 Å². The second kappa shape index (κ2) is 4.80. The van der Waals surface area contributed by atoms with Crippen molar-refractivity contribution >= 4 is 16.7 Å². The first-order chi connectivity index (χ1) is 10.6. The van der Waals surface area contributed by atoms with Gasteiger partial charge in [0, 0.05) is 10.9 Å². The van der Waals surface area contributed by atoms with Gasteiger partial charge >= 0.3 is 0 Å². The summed E-state index contributed by atoms with van der Waals surface area (Å²) in [4.78, 5) is 0. The fourth-order valence-corrected chi connectivity index (χ4v) is 2.44. The summed E-state index contributed by atoms with van der Waals surface area (Å²) in [6.07, 6.45) is 0. The lowest BCUT2D eigenvalue weighted by Crippen LogP contribution is -1.98. The van der Waals surface area contributed by atoms with Gasteiger partial charge in [-0.1, -0.05) is 12.1 Å². The van der Waals surface area contributed by atoms with Gasteiger partial charge in [-0.3, -0.25) is 0 Å². The molecule has 106 valence electrons. The van der Waals surface area contributed by atoms with Gasteiger partial charge in [0.05, 0.1) is 16.6 Å². The van der Waals surface area contributed by atoms with Crippen molar-refractivity contribution in [3.8, 4) is 23.3 Å². The van der Waals surface area contributed by atoms with Crippen molar-refractivity contribution in [3.05, 3.63) is 53.3 Å². The molecule has 0 saturated carbocycles. The van der Waals surface area contributed by atoms with Crippen LogP contribution < -0.4 is 5.73 Å². The predicted octanol–water partition coefficient (Wildman–Crippen LogP) is 3.01. The topological polar surface area (TPSA) is 98.8 Å². The molecule has 2 aromatic carbocycles. The first kappa shape index (κ1) is 13.5. The Balaban J connectivity index is 2.41. The van der Waals surface area contributed by atoms with Gasteiger partial charge in [0.2, 0.25) is 0 Å². The minimum atomic E-state index is -0.389. The summed E-state index contributed by atoms with van der Waals surface area (Å²) in [5, 5.41) is 28.8. The lowest BCUT2D eigenvalue weighted by molar-refractivity contribution is 0.206. The molecule has 3 rings (SSSR count). The number of halogens is 1. The van der Waals surface area contributed by atoms with Crippen LogP contribution in [0.15, 0.2) is 36.4 Å². The smallest absolute Gasteiger partial charge is 0.148 e. The minimum absolute atomic E-state index is 0.0561. The quantitative estimate of drug-likeness (QED) is 0.673. The van der Waals surface area contributed by atoms with Crippen molar-refractivity contribution in [2.45, 2.75) is 0 Å². The third-order valence-corrected chi connectivity index (χ3v) is 3.49. The Kier molecular flexibility index (Phi) is 2.94. The van der Waals surface area contributed by atoms with Crippen LogP contribution >= 0.6 is 0 Å². The minimum Gasteiger partial charge on any atom is -0.426 e. The molecule has 3 aromatic rings. The van der Waals surface area contributed by atoms with E-state index < -0.39 is 0 Å². The van der Waals surface area contributed by atoms with Gasteiger partial charge < -0.3 is 10.9 Å². The third-order valence-electron chi connectivity index (χ3n) is 3.49. The molecule has 1 aromatic heterocycles. The zero-order chi connectivity index (χ0) is 15.9. The Morgan fingerprint density at radius 2 is 1.64 bits per heavy atom. The van der Waals surface area contributed by atoms with Crippen molar-refractivity contribution in [2.24, 2.45) is 0 Å². The van der Waals surface area contributed by atoms with Crippen LogP contribution in [-0.4, -0.2) is 9.94 Å². The molecule has 0 aliphatic heterocycles. The highest BCUT2D eigenvalue weighted by Gasteiger charge is 2.18. The number of rotatable bonds is 1. The van der Waals surface area contributed by atoms with E-state index in [1.807, 2.05) is 12.1 Å². The van der Waals surface area contributed by atoms with E-state index in [1.165, 1.54) is 36.4 Å². The Labute approximate surface area is 124 Å². The molecule has 5 nitrogen and oxygen atoms in total. The van der Waals surface area contributed by atoms with E-state index in [2.05, 4.69) is 0 Å². The van der Waals surface area contributed by atoms with E-state index in [1.54, 1.807) is 0 Å². The maximum absolute atomic E-state index is 13.1. The van der Waals surface area contributed by atoms with E-state index >= 15 is 0 Å². The Morgan fingerprint density at radius 1 is 1.05 bits per heavy atom. The average Bonchev–Trinajstić information content (AvgIpc) is 2.78. The number of benzene rings is 2. The largest absolute Gasteiger partial charge is 0.426 e. The zero-order valence-electron chi connectivity index (χ0n) is 11.2. The zero-order valence-corrected chi connectivity index (χ0v) is 11.2. The normalized spacial score (nSPS) is 10.3. The van der Waals surface area contributed by atoms with E-state index in [4.69, 9.17) is 16.3 Å². The number of nitrogens with two attached hydrogens (primary N) is 1. The Bertz CT molecular complexity index is 975. The number of hydrogen-bond donors (Lipinski definition) is 2. The summed E-state index contributed by atoms with van der Waals surface area (Å²) in [6.45, 7) is 0. The molecule has 0 saturated heterocycles. The second-order valence-electron chi connectivity index (χ2n) is 4.72. The molecule has 6 heteroatoms. The lowest BCUT2D eigenvalue weighted by Gasteiger charge is -2.02. The standard InChI is InChI=1S/C16H9FN4O/c17-12-3-1-9(2-4-12)15-13-5-10(7-18)11(8-19)6-14(13)21(22)16(15)20/h1-6,22H,20H2. The van der Waals surface area contributed by atoms with Gasteiger partial charge in [0.25, 0.3) is 0 Å². The van der Waals surface area contributed by atoms with Crippen LogP contribution in [0.25, 0.3) is 22.0 Å². The molecule has 0 atom stereocenters. The summed E-state index contributed by atoms with van der Waals surface area (Å²) >= 11 is 0. The van der Waals surface area contributed by atoms with Crippen LogP contribution in [0, 0.1) is 28.5 Å². The molecule has 22 heavy (non-hydrogen) atoms. The summed E-state index contributed by atoms with van der Waals surface area (Å²) < 4.78 is 13.8. The van der Waals surface area contributed by atoms with Crippen LogP contribution in [0.4, 0.5) is 10.2 Å². The molecule has 0 amide bonds. The summed E-state index contributed by atoms with van der Waals surface area (Å²) in [7, 11) is 0. The monoisotopic (exact) mass is 292 g/mol. The number of nitriles is 2. The summed E-state index contributed by atoms with van der Waals surface area (Å²) in [6, 6.07) is 12.4. The molecule has 0 aliphatic rings. The highest BCUT2D eigenvalue weighted by atomic mass is 19.1.